The summed E-state index contributed by atoms with van der Waals surface area (Å²) in [4.78, 5) is 25.3. The first-order valence-electron chi connectivity index (χ1n) is 6.16. The monoisotopic (exact) mass is 284 g/mol. The van der Waals surface area contributed by atoms with E-state index in [4.69, 9.17) is 11.6 Å². The lowest BCUT2D eigenvalue weighted by atomic mass is 10.2. The van der Waals surface area contributed by atoms with Gasteiger partial charge >= 0.3 is 0 Å². The van der Waals surface area contributed by atoms with E-state index in [0.29, 0.717) is 24.7 Å². The number of hydrogen-bond acceptors (Lipinski definition) is 3. The number of nitrogens with zero attached hydrogens (tertiary/aromatic N) is 3. The molecule has 0 aromatic carbocycles. The molecule has 1 atom stereocenters. The molecule has 1 fully saturated rings. The zero-order valence-electron chi connectivity index (χ0n) is 11.2. The molecular formula is C12H17ClN4O2. The predicted molar refractivity (Wildman–Crippen MR) is 70.6 cm³/mol. The standard InChI is InChI=1S/C12H17ClN4O2/c1-7-9(11(13)16(3)15-7)6-17-5-4-10(18)14-8(2)12(17)19/h8H,4-6H2,1-3H3,(H,14,18). The Kier molecular flexibility index (Phi) is 3.80. The summed E-state index contributed by atoms with van der Waals surface area (Å²) in [7, 11) is 1.76. The molecule has 1 aromatic rings. The molecule has 2 heterocycles. The van der Waals surface area contributed by atoms with Gasteiger partial charge in [-0.2, -0.15) is 5.10 Å². The van der Waals surface area contributed by atoms with Crippen molar-refractivity contribution in [3.63, 3.8) is 0 Å². The first kappa shape index (κ1) is 13.9. The summed E-state index contributed by atoms with van der Waals surface area (Å²) >= 11 is 6.17. The molecule has 2 rings (SSSR count). The average molecular weight is 285 g/mol. The van der Waals surface area contributed by atoms with Crippen LogP contribution in [0.2, 0.25) is 5.15 Å². The van der Waals surface area contributed by atoms with E-state index < -0.39 is 6.04 Å². The Labute approximate surface area is 116 Å². The maximum Gasteiger partial charge on any atom is 0.245 e. The third-order valence-electron chi connectivity index (χ3n) is 3.29. The molecule has 7 heteroatoms. The molecular weight excluding hydrogens is 268 g/mol. The number of carbonyl (C=O) groups is 2. The van der Waals surface area contributed by atoms with Crippen molar-refractivity contribution in [2.75, 3.05) is 6.54 Å². The van der Waals surface area contributed by atoms with Gasteiger partial charge in [0.15, 0.2) is 0 Å². The smallest absolute Gasteiger partial charge is 0.245 e. The van der Waals surface area contributed by atoms with Crippen LogP contribution in [0.5, 0.6) is 0 Å². The van der Waals surface area contributed by atoms with Crippen molar-refractivity contribution < 1.29 is 9.59 Å². The molecule has 1 saturated heterocycles. The fourth-order valence-electron chi connectivity index (χ4n) is 2.20. The normalized spacial score (nSPS) is 20.4. The van der Waals surface area contributed by atoms with Gasteiger partial charge in [-0.25, -0.2) is 0 Å². The third kappa shape index (κ3) is 2.73. The lowest BCUT2D eigenvalue weighted by Gasteiger charge is -2.22. The summed E-state index contributed by atoms with van der Waals surface area (Å²) in [5.41, 5.74) is 1.63. The Morgan fingerprint density at radius 1 is 1.47 bits per heavy atom. The maximum absolute atomic E-state index is 12.2. The van der Waals surface area contributed by atoms with Gasteiger partial charge in [-0.15, -0.1) is 0 Å². The van der Waals surface area contributed by atoms with E-state index in [-0.39, 0.29) is 11.8 Å². The highest BCUT2D eigenvalue weighted by Gasteiger charge is 2.27. The Bertz CT molecular complexity index is 526. The molecule has 104 valence electrons. The van der Waals surface area contributed by atoms with Crippen molar-refractivity contribution in [2.24, 2.45) is 7.05 Å². The van der Waals surface area contributed by atoms with E-state index in [1.807, 2.05) is 6.92 Å². The summed E-state index contributed by atoms with van der Waals surface area (Å²) in [6.45, 7) is 4.34. The molecule has 19 heavy (non-hydrogen) atoms. The van der Waals surface area contributed by atoms with Gasteiger partial charge in [0.2, 0.25) is 11.8 Å². The Hall–Kier alpha value is -1.56. The largest absolute Gasteiger partial charge is 0.345 e. The van der Waals surface area contributed by atoms with Crippen molar-refractivity contribution in [1.82, 2.24) is 20.0 Å². The van der Waals surface area contributed by atoms with Crippen molar-refractivity contribution >= 4 is 23.4 Å². The fourth-order valence-corrected chi connectivity index (χ4v) is 2.43. The molecule has 0 spiro atoms. The number of amides is 2. The first-order chi connectivity index (χ1) is 8.90. The third-order valence-corrected chi connectivity index (χ3v) is 3.76. The summed E-state index contributed by atoms with van der Waals surface area (Å²) < 4.78 is 1.58. The molecule has 0 bridgehead atoms. The van der Waals surface area contributed by atoms with Gasteiger partial charge in [0.1, 0.15) is 11.2 Å². The maximum atomic E-state index is 12.2. The number of rotatable bonds is 2. The van der Waals surface area contributed by atoms with Crippen LogP contribution in [0.3, 0.4) is 0 Å². The SMILES string of the molecule is Cc1nn(C)c(Cl)c1CN1CCC(=O)NC(C)C1=O. The number of aryl methyl sites for hydroxylation is 2. The van der Waals surface area contributed by atoms with Crippen LogP contribution in [0.25, 0.3) is 0 Å². The molecule has 2 amide bonds. The Morgan fingerprint density at radius 3 is 2.74 bits per heavy atom. The highest BCUT2D eigenvalue weighted by atomic mass is 35.5. The molecule has 0 radical (unpaired) electrons. The van der Waals surface area contributed by atoms with Crippen LogP contribution in [0.4, 0.5) is 0 Å². The van der Waals surface area contributed by atoms with Gasteiger partial charge in [-0.3, -0.25) is 14.3 Å². The van der Waals surface area contributed by atoms with E-state index in [1.54, 1.807) is 23.6 Å². The zero-order valence-corrected chi connectivity index (χ0v) is 12.0. The molecule has 0 aliphatic carbocycles. The zero-order chi connectivity index (χ0) is 14.2. The van der Waals surface area contributed by atoms with E-state index >= 15 is 0 Å². The van der Waals surface area contributed by atoms with Gasteiger partial charge in [-0.1, -0.05) is 11.6 Å². The lowest BCUT2D eigenvalue weighted by molar-refractivity contribution is -0.133. The number of carbonyl (C=O) groups excluding carboxylic acids is 2. The van der Waals surface area contributed by atoms with Crippen LogP contribution < -0.4 is 5.32 Å². The van der Waals surface area contributed by atoms with Crippen LogP contribution in [-0.4, -0.2) is 39.1 Å². The molecule has 6 nitrogen and oxygen atoms in total. The minimum atomic E-state index is -0.495. The van der Waals surface area contributed by atoms with Crippen LogP contribution in [0.1, 0.15) is 24.6 Å². The quantitative estimate of drug-likeness (QED) is 0.866. The van der Waals surface area contributed by atoms with Gasteiger partial charge in [-0.05, 0) is 13.8 Å². The van der Waals surface area contributed by atoms with Crippen LogP contribution >= 0.6 is 11.6 Å². The van der Waals surface area contributed by atoms with Crippen molar-refractivity contribution in [3.05, 3.63) is 16.4 Å². The molecule has 1 N–H and O–H groups in total. The predicted octanol–water partition coefficient (Wildman–Crippen LogP) is 0.619. The van der Waals surface area contributed by atoms with Gasteiger partial charge in [0.05, 0.1) is 12.2 Å². The number of halogens is 1. The van der Waals surface area contributed by atoms with Crippen LogP contribution in [0.15, 0.2) is 0 Å². The second kappa shape index (κ2) is 5.21. The molecule has 1 unspecified atom stereocenters. The minimum Gasteiger partial charge on any atom is -0.345 e. The molecule has 1 aliphatic heterocycles. The molecule has 0 saturated carbocycles. The molecule has 1 aromatic heterocycles. The second-order valence-electron chi connectivity index (χ2n) is 4.78. The average Bonchev–Trinajstić information content (AvgIpc) is 2.50. The highest BCUT2D eigenvalue weighted by Crippen LogP contribution is 2.21. The summed E-state index contributed by atoms with van der Waals surface area (Å²) in [5.74, 6) is -0.192. The minimum absolute atomic E-state index is 0.0924. The summed E-state index contributed by atoms with van der Waals surface area (Å²) in [5, 5.41) is 7.41. The van der Waals surface area contributed by atoms with E-state index in [9.17, 15) is 9.59 Å². The van der Waals surface area contributed by atoms with E-state index in [2.05, 4.69) is 10.4 Å². The topological polar surface area (TPSA) is 67.2 Å². The Balaban J connectivity index is 2.21. The number of aromatic nitrogens is 2. The second-order valence-corrected chi connectivity index (χ2v) is 5.14. The molecule has 1 aliphatic rings. The summed E-state index contributed by atoms with van der Waals surface area (Å²) in [6.07, 6.45) is 0.313. The van der Waals surface area contributed by atoms with Gasteiger partial charge < -0.3 is 10.2 Å². The number of nitrogens with one attached hydrogen (secondary N) is 1. The fraction of sp³-hybridized carbons (Fsp3) is 0.583. The van der Waals surface area contributed by atoms with Crippen molar-refractivity contribution in [1.29, 1.82) is 0 Å². The van der Waals surface area contributed by atoms with Crippen LogP contribution in [-0.2, 0) is 23.2 Å². The van der Waals surface area contributed by atoms with Gasteiger partial charge in [0, 0.05) is 25.6 Å². The van der Waals surface area contributed by atoms with Crippen molar-refractivity contribution in [3.8, 4) is 0 Å². The van der Waals surface area contributed by atoms with Crippen LogP contribution in [0, 0.1) is 6.92 Å². The van der Waals surface area contributed by atoms with Crippen molar-refractivity contribution in [2.45, 2.75) is 32.9 Å². The lowest BCUT2D eigenvalue weighted by Crippen LogP contribution is -2.42. The van der Waals surface area contributed by atoms with Gasteiger partial charge in [0.25, 0.3) is 0 Å². The summed E-state index contributed by atoms with van der Waals surface area (Å²) in [6, 6.07) is -0.495. The Morgan fingerprint density at radius 2 is 2.16 bits per heavy atom. The number of hydrogen-bond donors (Lipinski definition) is 1. The first-order valence-corrected chi connectivity index (χ1v) is 6.54. The van der Waals surface area contributed by atoms with E-state index in [0.717, 1.165) is 11.3 Å². The van der Waals surface area contributed by atoms with E-state index in [1.165, 1.54) is 0 Å². The highest BCUT2D eigenvalue weighted by molar-refractivity contribution is 6.30.